The van der Waals surface area contributed by atoms with E-state index in [9.17, 15) is 9.59 Å². The molecule has 0 aliphatic carbocycles. The Morgan fingerprint density at radius 2 is 1.50 bits per heavy atom. The van der Waals surface area contributed by atoms with Gasteiger partial charge in [-0.2, -0.15) is 4.42 Å². The van der Waals surface area contributed by atoms with E-state index in [0.29, 0.717) is 0 Å². The molecule has 1 saturated heterocycles. The maximum Gasteiger partial charge on any atom is 0.327 e. The average Bonchev–Trinajstić information content (AvgIpc) is 2.78. The van der Waals surface area contributed by atoms with Crippen molar-refractivity contribution in [2.45, 2.75) is 25.9 Å². The highest BCUT2D eigenvalue weighted by molar-refractivity contribution is 6.20. The lowest BCUT2D eigenvalue weighted by Gasteiger charge is -1.98. The normalized spacial score (nSPS) is 29.5. The van der Waals surface area contributed by atoms with Gasteiger partial charge in [0.2, 0.25) is 0 Å². The number of halogens is 1. The quantitative estimate of drug-likeness (QED) is 0.389. The van der Waals surface area contributed by atoms with Crippen molar-refractivity contribution in [1.29, 1.82) is 0 Å². The number of esters is 2. The second-order valence-electron chi connectivity index (χ2n) is 2.74. The van der Waals surface area contributed by atoms with Gasteiger partial charge in [-0.25, -0.2) is 0 Å². The van der Waals surface area contributed by atoms with Crippen molar-refractivity contribution in [2.75, 3.05) is 13.2 Å². The van der Waals surface area contributed by atoms with Crippen LogP contribution in [0, 0.1) is 0 Å². The van der Waals surface area contributed by atoms with Crippen molar-refractivity contribution >= 4 is 23.7 Å². The summed E-state index contributed by atoms with van der Waals surface area (Å²) in [5.74, 6) is -0.971. The Hall–Kier alpha value is -0.810. The molecule has 2 atom stereocenters. The van der Waals surface area contributed by atoms with Crippen LogP contribution in [0.15, 0.2) is 0 Å². The first-order valence-corrected chi connectivity index (χ1v) is 4.74. The molecule has 0 saturated carbocycles. The van der Waals surface area contributed by atoms with E-state index in [1.807, 2.05) is 0 Å². The fourth-order valence-electron chi connectivity index (χ4n) is 1.12. The Bertz CT molecular complexity index is 221. The van der Waals surface area contributed by atoms with Gasteiger partial charge in [-0.05, 0) is 25.6 Å². The maximum atomic E-state index is 11.2. The molecule has 0 radical (unpaired) electrons. The molecule has 14 heavy (non-hydrogen) atoms. The third kappa shape index (κ3) is 2.16. The molecule has 0 aromatic heterocycles. The summed E-state index contributed by atoms with van der Waals surface area (Å²) in [6.45, 7) is 3.93. The van der Waals surface area contributed by atoms with Crippen molar-refractivity contribution in [1.82, 2.24) is 4.42 Å². The summed E-state index contributed by atoms with van der Waals surface area (Å²) in [5, 5.41) is 0. The van der Waals surface area contributed by atoms with Crippen molar-refractivity contribution < 1.29 is 19.1 Å². The number of rotatable bonds is 4. The van der Waals surface area contributed by atoms with E-state index in [0.717, 1.165) is 4.42 Å². The summed E-state index contributed by atoms with van der Waals surface area (Å²) < 4.78 is 10.6. The van der Waals surface area contributed by atoms with Gasteiger partial charge in [0.1, 0.15) is 0 Å². The summed E-state index contributed by atoms with van der Waals surface area (Å²) in [7, 11) is 0. The van der Waals surface area contributed by atoms with Crippen LogP contribution in [0.25, 0.3) is 0 Å². The SMILES string of the molecule is CCOC(=O)[C@@H]1[C@@H](C(=O)OCC)N1Cl. The van der Waals surface area contributed by atoms with E-state index >= 15 is 0 Å². The summed E-state index contributed by atoms with van der Waals surface area (Å²) >= 11 is 5.61. The van der Waals surface area contributed by atoms with Crippen molar-refractivity contribution in [3.8, 4) is 0 Å². The smallest absolute Gasteiger partial charge is 0.327 e. The van der Waals surface area contributed by atoms with Gasteiger partial charge < -0.3 is 9.47 Å². The second kappa shape index (κ2) is 4.61. The van der Waals surface area contributed by atoms with Gasteiger partial charge in [-0.1, -0.05) is 0 Å². The molecule has 1 fully saturated rings. The predicted octanol–water partition coefficient (Wildman–Crippen LogP) is 0.319. The molecule has 0 unspecified atom stereocenters. The molecule has 5 nitrogen and oxygen atoms in total. The highest BCUT2D eigenvalue weighted by Gasteiger charge is 2.59. The van der Waals surface area contributed by atoms with E-state index in [1.165, 1.54) is 0 Å². The van der Waals surface area contributed by atoms with Gasteiger partial charge >= 0.3 is 11.9 Å². The van der Waals surface area contributed by atoms with E-state index in [2.05, 4.69) is 0 Å². The fourth-order valence-corrected chi connectivity index (χ4v) is 1.44. The predicted molar refractivity (Wildman–Crippen MR) is 48.5 cm³/mol. The Labute approximate surface area is 87.0 Å². The Balaban J connectivity index is 2.45. The molecule has 0 aromatic rings. The number of carbonyl (C=O) groups excluding carboxylic acids is 2. The third-order valence-electron chi connectivity index (χ3n) is 1.80. The van der Waals surface area contributed by atoms with Gasteiger partial charge in [-0.15, -0.1) is 0 Å². The lowest BCUT2D eigenvalue weighted by Crippen LogP contribution is -2.20. The summed E-state index contributed by atoms with van der Waals surface area (Å²) in [4.78, 5) is 22.4. The van der Waals surface area contributed by atoms with E-state index < -0.39 is 24.0 Å². The van der Waals surface area contributed by atoms with Crippen LogP contribution in [0.4, 0.5) is 0 Å². The zero-order valence-corrected chi connectivity index (χ0v) is 8.78. The first-order valence-electron chi connectivity index (χ1n) is 4.40. The van der Waals surface area contributed by atoms with E-state index in [-0.39, 0.29) is 13.2 Å². The number of nitrogens with zero attached hydrogens (tertiary/aromatic N) is 1. The number of ether oxygens (including phenoxy) is 2. The van der Waals surface area contributed by atoms with Gasteiger partial charge in [0.15, 0.2) is 12.1 Å². The van der Waals surface area contributed by atoms with Crippen molar-refractivity contribution in [3.63, 3.8) is 0 Å². The van der Waals surface area contributed by atoms with Crippen LogP contribution in [-0.4, -0.2) is 41.7 Å². The van der Waals surface area contributed by atoms with E-state index in [1.54, 1.807) is 13.8 Å². The van der Waals surface area contributed by atoms with Crippen LogP contribution in [-0.2, 0) is 19.1 Å². The summed E-state index contributed by atoms with van der Waals surface area (Å²) in [6.07, 6.45) is 0. The third-order valence-corrected chi connectivity index (χ3v) is 2.22. The highest BCUT2D eigenvalue weighted by atomic mass is 35.5. The minimum absolute atomic E-state index is 0.273. The molecule has 1 rings (SSSR count). The largest absolute Gasteiger partial charge is 0.465 e. The molecular weight excluding hydrogens is 210 g/mol. The average molecular weight is 222 g/mol. The van der Waals surface area contributed by atoms with Crippen LogP contribution < -0.4 is 0 Å². The number of carbonyl (C=O) groups is 2. The number of hydrogen-bond acceptors (Lipinski definition) is 5. The molecule has 0 bridgehead atoms. The lowest BCUT2D eigenvalue weighted by atomic mass is 10.3. The van der Waals surface area contributed by atoms with E-state index in [4.69, 9.17) is 21.3 Å². The zero-order valence-electron chi connectivity index (χ0n) is 8.03. The zero-order chi connectivity index (χ0) is 10.7. The molecule has 80 valence electrons. The molecule has 1 aliphatic heterocycles. The van der Waals surface area contributed by atoms with Crippen LogP contribution in [0.2, 0.25) is 0 Å². The molecule has 0 N–H and O–H groups in total. The number of hydrogen-bond donors (Lipinski definition) is 0. The maximum absolute atomic E-state index is 11.2. The molecular formula is C8H12ClNO4. The molecule has 1 heterocycles. The van der Waals surface area contributed by atoms with Gasteiger partial charge in [0.25, 0.3) is 0 Å². The summed E-state index contributed by atoms with van der Waals surface area (Å²) in [5.41, 5.74) is 0. The topological polar surface area (TPSA) is 55.6 Å². The molecule has 0 spiro atoms. The summed E-state index contributed by atoms with van der Waals surface area (Å²) in [6, 6.07) is -1.37. The second-order valence-corrected chi connectivity index (χ2v) is 3.13. The molecule has 6 heteroatoms. The van der Waals surface area contributed by atoms with Crippen molar-refractivity contribution in [3.05, 3.63) is 0 Å². The van der Waals surface area contributed by atoms with Gasteiger partial charge in [0, 0.05) is 0 Å². The van der Waals surface area contributed by atoms with Crippen LogP contribution >= 0.6 is 11.8 Å². The highest BCUT2D eigenvalue weighted by Crippen LogP contribution is 2.32. The van der Waals surface area contributed by atoms with Crippen LogP contribution in [0.1, 0.15) is 13.8 Å². The standard InChI is InChI=1S/C8H12ClNO4/c1-3-13-7(11)5-6(10(5)9)8(12)14-4-2/h5-6H,3-4H2,1-2H3/t5-,6-/m0/s1. The Kier molecular flexibility index (Phi) is 3.71. The Morgan fingerprint density at radius 1 is 1.14 bits per heavy atom. The minimum Gasteiger partial charge on any atom is -0.465 e. The molecule has 0 aromatic carbocycles. The first-order chi connectivity index (χ1) is 6.63. The minimum atomic E-state index is -0.685. The van der Waals surface area contributed by atoms with Crippen LogP contribution in [0.3, 0.4) is 0 Å². The molecule has 0 amide bonds. The van der Waals surface area contributed by atoms with Gasteiger partial charge in [-0.3, -0.25) is 9.59 Å². The van der Waals surface area contributed by atoms with Crippen LogP contribution in [0.5, 0.6) is 0 Å². The molecule has 1 aliphatic rings. The monoisotopic (exact) mass is 221 g/mol. The first kappa shape index (κ1) is 11.3. The lowest BCUT2D eigenvalue weighted by molar-refractivity contribution is -0.147. The fraction of sp³-hybridized carbons (Fsp3) is 0.750. The van der Waals surface area contributed by atoms with Crippen molar-refractivity contribution in [2.24, 2.45) is 0 Å². The van der Waals surface area contributed by atoms with Gasteiger partial charge in [0.05, 0.1) is 13.2 Å². The Morgan fingerprint density at radius 3 is 1.79 bits per heavy atom.